The Hall–Kier alpha value is -1.78. The number of aromatic amines is 1. The van der Waals surface area contributed by atoms with Gasteiger partial charge in [0, 0.05) is 16.8 Å². The highest BCUT2D eigenvalue weighted by Gasteiger charge is 2.27. The molecule has 106 valence electrons. The van der Waals surface area contributed by atoms with Gasteiger partial charge in [0.25, 0.3) is 5.56 Å². The number of aryl methyl sites for hydroxylation is 2. The summed E-state index contributed by atoms with van der Waals surface area (Å²) < 4.78 is 0. The Morgan fingerprint density at radius 3 is 2.42 bits per heavy atom. The zero-order valence-corrected chi connectivity index (χ0v) is 12.2. The minimum atomic E-state index is -1.02. The van der Waals surface area contributed by atoms with Crippen molar-refractivity contribution in [3.63, 3.8) is 0 Å². The second-order valence-electron chi connectivity index (χ2n) is 5.68. The van der Waals surface area contributed by atoms with Gasteiger partial charge in [0.2, 0.25) is 0 Å². The van der Waals surface area contributed by atoms with Crippen molar-refractivity contribution in [2.75, 3.05) is 0 Å². The first-order chi connectivity index (χ1) is 8.66. The Kier molecular flexibility index (Phi) is 4.39. The first kappa shape index (κ1) is 15.3. The second-order valence-corrected chi connectivity index (χ2v) is 5.68. The average molecular weight is 266 g/mol. The third-order valence-corrected chi connectivity index (χ3v) is 3.10. The molecule has 0 atom stereocenters. The minimum absolute atomic E-state index is 0.109. The van der Waals surface area contributed by atoms with Gasteiger partial charge in [0.05, 0.1) is 6.54 Å². The van der Waals surface area contributed by atoms with Crippen LogP contribution in [0.5, 0.6) is 0 Å². The molecule has 0 aliphatic rings. The summed E-state index contributed by atoms with van der Waals surface area (Å²) in [5.41, 5.74) is 1.48. The standard InChI is InChI=1S/C14H22N2O3/c1-6-10-7-9(2)15-12(17)11(10)8-16(13(18)19)14(3,4)5/h7H,6,8H2,1-5H3,(H,15,17)(H,18,19). The molecule has 2 N–H and O–H groups in total. The molecule has 0 radical (unpaired) electrons. The van der Waals surface area contributed by atoms with Crippen LogP contribution in [0.15, 0.2) is 10.9 Å². The molecule has 0 aliphatic heterocycles. The Morgan fingerprint density at radius 2 is 2.00 bits per heavy atom. The highest BCUT2D eigenvalue weighted by Crippen LogP contribution is 2.18. The van der Waals surface area contributed by atoms with Crippen LogP contribution < -0.4 is 5.56 Å². The first-order valence-corrected chi connectivity index (χ1v) is 6.39. The summed E-state index contributed by atoms with van der Waals surface area (Å²) in [5.74, 6) is 0. The van der Waals surface area contributed by atoms with Gasteiger partial charge in [0.1, 0.15) is 0 Å². The van der Waals surface area contributed by atoms with Crippen LogP contribution in [-0.2, 0) is 13.0 Å². The third-order valence-electron chi connectivity index (χ3n) is 3.10. The molecule has 0 spiro atoms. The topological polar surface area (TPSA) is 73.4 Å². The molecule has 0 aromatic carbocycles. The number of aromatic nitrogens is 1. The van der Waals surface area contributed by atoms with Gasteiger partial charge < -0.3 is 10.1 Å². The predicted octanol–water partition coefficient (Wildman–Crippen LogP) is 2.52. The number of pyridine rings is 1. The lowest BCUT2D eigenvalue weighted by Crippen LogP contribution is -2.45. The van der Waals surface area contributed by atoms with Crippen LogP contribution in [-0.4, -0.2) is 26.6 Å². The zero-order valence-electron chi connectivity index (χ0n) is 12.2. The molecule has 0 saturated heterocycles. The van der Waals surface area contributed by atoms with Crippen LogP contribution in [0.25, 0.3) is 0 Å². The summed E-state index contributed by atoms with van der Waals surface area (Å²) >= 11 is 0. The monoisotopic (exact) mass is 266 g/mol. The maximum absolute atomic E-state index is 12.0. The van der Waals surface area contributed by atoms with E-state index in [1.807, 2.05) is 40.7 Å². The van der Waals surface area contributed by atoms with E-state index in [2.05, 4.69) is 4.98 Å². The Bertz CT molecular complexity index is 526. The van der Waals surface area contributed by atoms with Gasteiger partial charge in [-0.2, -0.15) is 0 Å². The maximum Gasteiger partial charge on any atom is 0.408 e. The van der Waals surface area contributed by atoms with E-state index < -0.39 is 11.6 Å². The van der Waals surface area contributed by atoms with Crippen molar-refractivity contribution in [3.05, 3.63) is 33.2 Å². The van der Waals surface area contributed by atoms with E-state index >= 15 is 0 Å². The third kappa shape index (κ3) is 3.59. The van der Waals surface area contributed by atoms with E-state index in [1.165, 1.54) is 4.90 Å². The molecule has 0 fully saturated rings. The number of hydrogen-bond donors (Lipinski definition) is 2. The summed E-state index contributed by atoms with van der Waals surface area (Å²) in [6, 6.07) is 1.90. The van der Waals surface area contributed by atoms with Crippen molar-refractivity contribution >= 4 is 6.09 Å². The Balaban J connectivity index is 3.24. The molecule has 0 saturated carbocycles. The second kappa shape index (κ2) is 5.47. The van der Waals surface area contributed by atoms with Crippen molar-refractivity contribution in [3.8, 4) is 0 Å². The molecule has 1 heterocycles. The quantitative estimate of drug-likeness (QED) is 0.883. The minimum Gasteiger partial charge on any atom is -0.465 e. The number of nitrogens with one attached hydrogen (secondary N) is 1. The first-order valence-electron chi connectivity index (χ1n) is 6.39. The lowest BCUT2D eigenvalue weighted by molar-refractivity contribution is 0.0951. The predicted molar refractivity (Wildman–Crippen MR) is 74.5 cm³/mol. The van der Waals surface area contributed by atoms with Crippen LogP contribution in [0, 0.1) is 6.92 Å². The molecule has 1 rings (SSSR count). The van der Waals surface area contributed by atoms with Gasteiger partial charge in [-0.15, -0.1) is 0 Å². The molecular weight excluding hydrogens is 244 g/mol. The van der Waals surface area contributed by atoms with Gasteiger partial charge >= 0.3 is 6.09 Å². The summed E-state index contributed by atoms with van der Waals surface area (Å²) in [7, 11) is 0. The van der Waals surface area contributed by atoms with Gasteiger partial charge in [0.15, 0.2) is 0 Å². The fourth-order valence-electron chi connectivity index (χ4n) is 2.02. The van der Waals surface area contributed by atoms with Gasteiger partial charge in [-0.05, 0) is 45.7 Å². The van der Waals surface area contributed by atoms with E-state index in [0.29, 0.717) is 12.0 Å². The van der Waals surface area contributed by atoms with Crippen molar-refractivity contribution in [1.29, 1.82) is 0 Å². The molecule has 5 nitrogen and oxygen atoms in total. The lowest BCUT2D eigenvalue weighted by atomic mass is 10.0. The van der Waals surface area contributed by atoms with E-state index in [0.717, 1.165) is 11.3 Å². The fraction of sp³-hybridized carbons (Fsp3) is 0.571. The van der Waals surface area contributed by atoms with Crippen LogP contribution in [0.3, 0.4) is 0 Å². The molecule has 5 heteroatoms. The number of amides is 1. The fourth-order valence-corrected chi connectivity index (χ4v) is 2.02. The highest BCUT2D eigenvalue weighted by molar-refractivity contribution is 5.66. The molecule has 0 unspecified atom stereocenters. The number of rotatable bonds is 3. The zero-order chi connectivity index (χ0) is 14.8. The highest BCUT2D eigenvalue weighted by atomic mass is 16.4. The molecule has 0 bridgehead atoms. The van der Waals surface area contributed by atoms with Crippen LogP contribution in [0.1, 0.15) is 44.5 Å². The van der Waals surface area contributed by atoms with Crippen molar-refractivity contribution in [1.82, 2.24) is 9.88 Å². The molecule has 19 heavy (non-hydrogen) atoms. The van der Waals surface area contributed by atoms with Crippen molar-refractivity contribution in [2.24, 2.45) is 0 Å². The molecule has 1 aromatic rings. The largest absolute Gasteiger partial charge is 0.465 e. The van der Waals surface area contributed by atoms with Crippen molar-refractivity contribution in [2.45, 2.75) is 53.1 Å². The van der Waals surface area contributed by atoms with Gasteiger partial charge in [-0.1, -0.05) is 6.92 Å². The smallest absolute Gasteiger partial charge is 0.408 e. The summed E-state index contributed by atoms with van der Waals surface area (Å²) in [4.78, 5) is 27.4. The molecule has 1 amide bonds. The average Bonchev–Trinajstić information content (AvgIpc) is 2.24. The van der Waals surface area contributed by atoms with Gasteiger partial charge in [-0.3, -0.25) is 9.69 Å². The summed E-state index contributed by atoms with van der Waals surface area (Å²) in [6.45, 7) is 9.33. The Labute approximate surface area is 113 Å². The molecule has 1 aromatic heterocycles. The van der Waals surface area contributed by atoms with Crippen molar-refractivity contribution < 1.29 is 9.90 Å². The normalized spacial score (nSPS) is 11.4. The summed E-state index contributed by atoms with van der Waals surface area (Å²) in [5, 5.41) is 9.29. The number of H-pyrrole nitrogens is 1. The summed E-state index contributed by atoms with van der Waals surface area (Å²) in [6.07, 6.45) is -0.313. The van der Waals surface area contributed by atoms with Gasteiger partial charge in [-0.25, -0.2) is 4.79 Å². The maximum atomic E-state index is 12.0. The molecular formula is C14H22N2O3. The van der Waals surface area contributed by atoms with Crippen LogP contribution in [0.4, 0.5) is 4.79 Å². The number of carboxylic acid groups (broad SMARTS) is 1. The SMILES string of the molecule is CCc1cc(C)[nH]c(=O)c1CN(C(=O)O)C(C)(C)C. The molecule has 0 aliphatic carbocycles. The van der Waals surface area contributed by atoms with Crippen LogP contribution in [0.2, 0.25) is 0 Å². The number of nitrogens with zero attached hydrogens (tertiary/aromatic N) is 1. The van der Waals surface area contributed by atoms with E-state index in [4.69, 9.17) is 0 Å². The van der Waals surface area contributed by atoms with E-state index in [1.54, 1.807) is 0 Å². The Morgan fingerprint density at radius 1 is 1.42 bits per heavy atom. The van der Waals surface area contributed by atoms with Crippen LogP contribution >= 0.6 is 0 Å². The van der Waals surface area contributed by atoms with E-state index in [9.17, 15) is 14.7 Å². The lowest BCUT2D eigenvalue weighted by Gasteiger charge is -2.33. The number of hydrogen-bond acceptors (Lipinski definition) is 2. The van der Waals surface area contributed by atoms with E-state index in [-0.39, 0.29) is 12.1 Å². The number of carbonyl (C=O) groups is 1.